The van der Waals surface area contributed by atoms with E-state index in [-0.39, 0.29) is 13.4 Å². The molecule has 0 aliphatic carbocycles. The number of esters is 1. The Morgan fingerprint density at radius 1 is 1.40 bits per heavy atom. The fraction of sp³-hybridized carbons (Fsp3) is 0.769. The number of rotatable bonds is 7. The van der Waals surface area contributed by atoms with Gasteiger partial charge in [0.05, 0.1) is 6.61 Å². The van der Waals surface area contributed by atoms with E-state index in [2.05, 4.69) is 20.4 Å². The van der Waals surface area contributed by atoms with Gasteiger partial charge in [-0.15, -0.1) is 0 Å². The van der Waals surface area contributed by atoms with E-state index in [4.69, 9.17) is 4.74 Å². The SMILES string of the molecule is C.C=C(C)C(=O)OCC(CC)CCCC. The minimum absolute atomic E-state index is 0. The Balaban J connectivity index is 0. The molecule has 2 heteroatoms. The Labute approximate surface area is 94.7 Å². The second kappa shape index (κ2) is 9.75. The third-order valence-corrected chi connectivity index (χ3v) is 2.34. The number of carbonyl (C=O) groups is 1. The highest BCUT2D eigenvalue weighted by Crippen LogP contribution is 2.13. The van der Waals surface area contributed by atoms with Crippen LogP contribution in [0, 0.1) is 5.92 Å². The summed E-state index contributed by atoms with van der Waals surface area (Å²) in [4.78, 5) is 11.1. The quantitative estimate of drug-likeness (QED) is 0.473. The van der Waals surface area contributed by atoms with Crippen LogP contribution in [0.4, 0.5) is 0 Å². The Hall–Kier alpha value is -0.790. The number of unbranched alkanes of at least 4 members (excludes halogenated alkanes) is 1. The summed E-state index contributed by atoms with van der Waals surface area (Å²) in [5, 5.41) is 0. The monoisotopic (exact) mass is 214 g/mol. The number of carbonyl (C=O) groups excluding carboxylic acids is 1. The Morgan fingerprint density at radius 2 is 2.00 bits per heavy atom. The van der Waals surface area contributed by atoms with Crippen LogP contribution in [0.1, 0.15) is 53.9 Å². The molecule has 0 aromatic rings. The maximum Gasteiger partial charge on any atom is 0.333 e. The van der Waals surface area contributed by atoms with Gasteiger partial charge in [-0.1, -0.05) is 47.1 Å². The van der Waals surface area contributed by atoms with Gasteiger partial charge >= 0.3 is 5.97 Å². The summed E-state index contributed by atoms with van der Waals surface area (Å²) in [6.07, 6.45) is 4.63. The van der Waals surface area contributed by atoms with Gasteiger partial charge in [-0.05, 0) is 19.3 Å². The van der Waals surface area contributed by atoms with Crippen LogP contribution in [-0.4, -0.2) is 12.6 Å². The zero-order valence-corrected chi connectivity index (χ0v) is 9.64. The topological polar surface area (TPSA) is 26.3 Å². The molecule has 0 aliphatic heterocycles. The first-order valence-corrected chi connectivity index (χ1v) is 5.44. The summed E-state index contributed by atoms with van der Waals surface area (Å²) in [6.45, 7) is 10.1. The molecule has 2 nitrogen and oxygen atoms in total. The zero-order chi connectivity index (χ0) is 11.0. The Morgan fingerprint density at radius 3 is 2.40 bits per heavy atom. The molecule has 0 fully saturated rings. The lowest BCUT2D eigenvalue weighted by molar-refractivity contribution is -0.140. The van der Waals surface area contributed by atoms with Crippen LogP contribution < -0.4 is 0 Å². The molecule has 15 heavy (non-hydrogen) atoms. The van der Waals surface area contributed by atoms with E-state index < -0.39 is 0 Å². The van der Waals surface area contributed by atoms with Crippen molar-refractivity contribution in [2.75, 3.05) is 6.61 Å². The molecular formula is C13H26O2. The van der Waals surface area contributed by atoms with Crippen molar-refractivity contribution in [1.29, 1.82) is 0 Å². The molecule has 90 valence electrons. The van der Waals surface area contributed by atoms with Crippen LogP contribution in [0.15, 0.2) is 12.2 Å². The molecule has 1 atom stereocenters. The van der Waals surface area contributed by atoms with Crippen molar-refractivity contribution in [2.24, 2.45) is 5.92 Å². The minimum atomic E-state index is -0.264. The molecule has 0 aliphatic rings. The van der Waals surface area contributed by atoms with Crippen LogP contribution in [0.3, 0.4) is 0 Å². The molecular weight excluding hydrogens is 188 g/mol. The molecule has 0 aromatic heterocycles. The van der Waals surface area contributed by atoms with E-state index in [0.717, 1.165) is 12.8 Å². The van der Waals surface area contributed by atoms with Crippen molar-refractivity contribution < 1.29 is 9.53 Å². The van der Waals surface area contributed by atoms with Crippen LogP contribution in [0.2, 0.25) is 0 Å². The summed E-state index contributed by atoms with van der Waals surface area (Å²) in [6, 6.07) is 0. The van der Waals surface area contributed by atoms with Gasteiger partial charge in [0.25, 0.3) is 0 Å². The fourth-order valence-electron chi connectivity index (χ4n) is 1.21. The van der Waals surface area contributed by atoms with Gasteiger partial charge < -0.3 is 4.74 Å². The number of ether oxygens (including phenoxy) is 1. The molecule has 0 amide bonds. The van der Waals surface area contributed by atoms with Crippen molar-refractivity contribution >= 4 is 5.97 Å². The standard InChI is InChI=1S/C12H22O2.CH4/c1-5-7-8-11(6-2)9-14-12(13)10(3)4;/h11H,3,5-9H2,1-2,4H3;1H4. The first kappa shape index (κ1) is 16.6. The van der Waals surface area contributed by atoms with Gasteiger partial charge in [0, 0.05) is 5.57 Å². The maximum absolute atomic E-state index is 11.1. The summed E-state index contributed by atoms with van der Waals surface area (Å²) in [5.41, 5.74) is 0.482. The van der Waals surface area contributed by atoms with Crippen molar-refractivity contribution in [3.05, 3.63) is 12.2 Å². The molecule has 0 N–H and O–H groups in total. The average Bonchev–Trinajstić information content (AvgIpc) is 2.17. The van der Waals surface area contributed by atoms with Gasteiger partial charge in [-0.3, -0.25) is 0 Å². The van der Waals surface area contributed by atoms with Crippen LogP contribution >= 0.6 is 0 Å². The highest BCUT2D eigenvalue weighted by Gasteiger charge is 2.09. The summed E-state index contributed by atoms with van der Waals surface area (Å²) in [5.74, 6) is 0.248. The lowest BCUT2D eigenvalue weighted by atomic mass is 10.0. The van der Waals surface area contributed by atoms with Gasteiger partial charge in [0.15, 0.2) is 0 Å². The normalized spacial score (nSPS) is 11.4. The first-order valence-electron chi connectivity index (χ1n) is 5.44. The van der Waals surface area contributed by atoms with Crippen LogP contribution in [0.5, 0.6) is 0 Å². The zero-order valence-electron chi connectivity index (χ0n) is 9.64. The fourth-order valence-corrected chi connectivity index (χ4v) is 1.21. The van der Waals surface area contributed by atoms with E-state index in [9.17, 15) is 4.79 Å². The Bertz CT molecular complexity index is 185. The molecule has 1 unspecified atom stereocenters. The van der Waals surface area contributed by atoms with Crippen LogP contribution in [0.25, 0.3) is 0 Å². The highest BCUT2D eigenvalue weighted by atomic mass is 16.5. The van der Waals surface area contributed by atoms with Crippen molar-refractivity contribution in [3.8, 4) is 0 Å². The van der Waals surface area contributed by atoms with E-state index in [1.807, 2.05) is 0 Å². The van der Waals surface area contributed by atoms with E-state index in [0.29, 0.717) is 18.1 Å². The molecule has 0 bridgehead atoms. The second-order valence-electron chi connectivity index (χ2n) is 3.80. The molecule has 0 rings (SSSR count). The predicted octanol–water partition coefficient (Wildman–Crippen LogP) is 3.96. The van der Waals surface area contributed by atoms with E-state index in [1.165, 1.54) is 12.8 Å². The second-order valence-corrected chi connectivity index (χ2v) is 3.80. The summed E-state index contributed by atoms with van der Waals surface area (Å²) >= 11 is 0. The van der Waals surface area contributed by atoms with Crippen molar-refractivity contribution in [2.45, 2.75) is 53.9 Å². The third kappa shape index (κ3) is 8.22. The van der Waals surface area contributed by atoms with Gasteiger partial charge in [0.1, 0.15) is 0 Å². The molecule has 0 radical (unpaired) electrons. The van der Waals surface area contributed by atoms with Crippen molar-refractivity contribution in [3.63, 3.8) is 0 Å². The lowest BCUT2D eigenvalue weighted by Crippen LogP contribution is -2.14. The first-order chi connectivity index (χ1) is 6.61. The molecule has 0 heterocycles. The molecule has 0 spiro atoms. The van der Waals surface area contributed by atoms with Crippen molar-refractivity contribution in [1.82, 2.24) is 0 Å². The third-order valence-electron chi connectivity index (χ3n) is 2.34. The van der Waals surface area contributed by atoms with Crippen LogP contribution in [-0.2, 0) is 9.53 Å². The smallest absolute Gasteiger partial charge is 0.333 e. The minimum Gasteiger partial charge on any atom is -0.462 e. The Kier molecular flexibility index (Phi) is 10.8. The highest BCUT2D eigenvalue weighted by molar-refractivity contribution is 5.86. The van der Waals surface area contributed by atoms with E-state index in [1.54, 1.807) is 6.92 Å². The van der Waals surface area contributed by atoms with Gasteiger partial charge in [-0.2, -0.15) is 0 Å². The maximum atomic E-state index is 11.1. The lowest BCUT2D eigenvalue weighted by Gasteiger charge is -2.14. The predicted molar refractivity (Wildman–Crippen MR) is 65.8 cm³/mol. The average molecular weight is 214 g/mol. The van der Waals surface area contributed by atoms with Gasteiger partial charge in [-0.25, -0.2) is 4.79 Å². The largest absolute Gasteiger partial charge is 0.462 e. The number of hydrogen-bond acceptors (Lipinski definition) is 2. The molecule has 0 saturated heterocycles. The summed E-state index contributed by atoms with van der Waals surface area (Å²) < 4.78 is 5.12. The van der Waals surface area contributed by atoms with E-state index >= 15 is 0 Å². The van der Waals surface area contributed by atoms with Gasteiger partial charge in [0.2, 0.25) is 0 Å². The number of hydrogen-bond donors (Lipinski definition) is 0. The summed E-state index contributed by atoms with van der Waals surface area (Å²) in [7, 11) is 0. The molecule has 0 saturated carbocycles. The molecule has 0 aromatic carbocycles.